The summed E-state index contributed by atoms with van der Waals surface area (Å²) in [5.74, 6) is 0. The fourth-order valence-corrected chi connectivity index (χ4v) is 2.50. The van der Waals surface area contributed by atoms with Crippen molar-refractivity contribution in [2.75, 3.05) is 5.32 Å². The van der Waals surface area contributed by atoms with Crippen LogP contribution in [0.4, 0.5) is 11.4 Å². The summed E-state index contributed by atoms with van der Waals surface area (Å²) in [5, 5.41) is 3.54. The molecule has 0 spiro atoms. The number of anilines is 2. The molecule has 2 aromatic carbocycles. The normalized spacial score (nSPS) is 13.3. The van der Waals surface area contributed by atoms with Crippen molar-refractivity contribution in [3.05, 3.63) is 83.5 Å². The van der Waals surface area contributed by atoms with Crippen LogP contribution in [-0.4, -0.2) is 0 Å². The number of para-hydroxylation sites is 1. The van der Waals surface area contributed by atoms with Gasteiger partial charge in [-0.3, -0.25) is 0 Å². The zero-order chi connectivity index (χ0) is 13.8. The molecule has 100 valence electrons. The summed E-state index contributed by atoms with van der Waals surface area (Å²) >= 11 is 0. The molecule has 1 nitrogen and oxygen atoms in total. The van der Waals surface area contributed by atoms with Gasteiger partial charge in [0.2, 0.25) is 0 Å². The van der Waals surface area contributed by atoms with E-state index >= 15 is 0 Å². The van der Waals surface area contributed by atoms with Crippen molar-refractivity contribution in [3.8, 4) is 0 Å². The molecule has 0 aliphatic heterocycles. The summed E-state index contributed by atoms with van der Waals surface area (Å²) in [6.07, 6.45) is 8.81. The van der Waals surface area contributed by atoms with Gasteiger partial charge in [0.1, 0.15) is 0 Å². The average Bonchev–Trinajstić information content (AvgIpc) is 2.96. The van der Waals surface area contributed by atoms with Gasteiger partial charge in [-0.1, -0.05) is 48.6 Å². The minimum absolute atomic E-state index is 0.992. The smallest absolute Gasteiger partial charge is 0.0422 e. The van der Waals surface area contributed by atoms with E-state index in [9.17, 15) is 0 Å². The molecule has 1 N–H and O–H groups in total. The van der Waals surface area contributed by atoms with Crippen molar-refractivity contribution in [1.29, 1.82) is 0 Å². The summed E-state index contributed by atoms with van der Waals surface area (Å²) in [5.41, 5.74) is 6.37. The van der Waals surface area contributed by atoms with E-state index in [4.69, 9.17) is 0 Å². The molecule has 2 aromatic rings. The van der Waals surface area contributed by atoms with Gasteiger partial charge in [0, 0.05) is 11.4 Å². The SMILES string of the molecule is Cc1ccc(CC2=CCC=C2)c(Nc2ccccc2)c1. The van der Waals surface area contributed by atoms with Crippen molar-refractivity contribution < 1.29 is 0 Å². The lowest BCUT2D eigenvalue weighted by atomic mass is 10.0. The number of nitrogens with one attached hydrogen (secondary N) is 1. The molecule has 1 heteroatoms. The number of hydrogen-bond donors (Lipinski definition) is 1. The van der Waals surface area contributed by atoms with Crippen LogP contribution < -0.4 is 5.32 Å². The number of hydrogen-bond acceptors (Lipinski definition) is 1. The van der Waals surface area contributed by atoms with Crippen molar-refractivity contribution >= 4 is 11.4 Å². The molecule has 3 rings (SSSR count). The molecular weight excluding hydrogens is 242 g/mol. The fourth-order valence-electron chi connectivity index (χ4n) is 2.50. The van der Waals surface area contributed by atoms with Crippen molar-refractivity contribution in [1.82, 2.24) is 0 Å². The molecule has 0 bridgehead atoms. The Hall–Kier alpha value is -2.28. The maximum Gasteiger partial charge on any atom is 0.0422 e. The van der Waals surface area contributed by atoms with E-state index in [1.807, 2.05) is 6.07 Å². The predicted octanol–water partition coefficient (Wildman–Crippen LogP) is 5.17. The monoisotopic (exact) mass is 261 g/mol. The van der Waals surface area contributed by atoms with Crippen LogP contribution in [0.2, 0.25) is 0 Å². The first-order valence-electron chi connectivity index (χ1n) is 7.08. The molecule has 0 fully saturated rings. The lowest BCUT2D eigenvalue weighted by Crippen LogP contribution is -1.97. The van der Waals surface area contributed by atoms with E-state index < -0.39 is 0 Å². The largest absolute Gasteiger partial charge is 0.355 e. The zero-order valence-corrected chi connectivity index (χ0v) is 11.8. The Morgan fingerprint density at radius 1 is 1.05 bits per heavy atom. The minimum atomic E-state index is 0.992. The molecular formula is C19H19N. The highest BCUT2D eigenvalue weighted by Crippen LogP contribution is 2.26. The van der Waals surface area contributed by atoms with Crippen molar-refractivity contribution in [3.63, 3.8) is 0 Å². The second kappa shape index (κ2) is 5.79. The van der Waals surface area contributed by atoms with Gasteiger partial charge in [-0.15, -0.1) is 0 Å². The Morgan fingerprint density at radius 2 is 1.90 bits per heavy atom. The number of aryl methyl sites for hydroxylation is 1. The van der Waals surface area contributed by atoms with E-state index in [1.54, 1.807) is 0 Å². The third-order valence-corrected chi connectivity index (χ3v) is 3.56. The van der Waals surface area contributed by atoms with Crippen LogP contribution in [-0.2, 0) is 6.42 Å². The first-order chi connectivity index (χ1) is 9.81. The highest BCUT2D eigenvalue weighted by molar-refractivity contribution is 5.64. The van der Waals surface area contributed by atoms with Crippen LogP contribution in [0.25, 0.3) is 0 Å². The van der Waals surface area contributed by atoms with Gasteiger partial charge in [-0.25, -0.2) is 0 Å². The maximum atomic E-state index is 3.54. The molecule has 0 radical (unpaired) electrons. The summed E-state index contributed by atoms with van der Waals surface area (Å²) in [7, 11) is 0. The van der Waals surface area contributed by atoms with Crippen LogP contribution in [0, 0.1) is 6.92 Å². The lowest BCUT2D eigenvalue weighted by molar-refractivity contribution is 1.19. The number of rotatable bonds is 4. The molecule has 0 atom stereocenters. The Balaban J connectivity index is 1.88. The zero-order valence-electron chi connectivity index (χ0n) is 11.8. The minimum Gasteiger partial charge on any atom is -0.355 e. The highest BCUT2D eigenvalue weighted by Gasteiger charge is 2.06. The maximum absolute atomic E-state index is 3.54. The molecule has 0 saturated heterocycles. The topological polar surface area (TPSA) is 12.0 Å². The second-order valence-corrected chi connectivity index (χ2v) is 5.25. The van der Waals surface area contributed by atoms with Crippen LogP contribution in [0.1, 0.15) is 17.5 Å². The molecule has 0 unspecified atom stereocenters. The van der Waals surface area contributed by atoms with Crippen LogP contribution in [0.3, 0.4) is 0 Å². The van der Waals surface area contributed by atoms with Gasteiger partial charge in [-0.05, 0) is 54.7 Å². The van der Waals surface area contributed by atoms with Crippen molar-refractivity contribution in [2.45, 2.75) is 19.8 Å². The second-order valence-electron chi connectivity index (χ2n) is 5.25. The summed E-state index contributed by atoms with van der Waals surface area (Å²) in [6.45, 7) is 2.13. The summed E-state index contributed by atoms with van der Waals surface area (Å²) in [6, 6.07) is 17.0. The van der Waals surface area contributed by atoms with Crippen LogP contribution >= 0.6 is 0 Å². The highest BCUT2D eigenvalue weighted by atomic mass is 14.9. The van der Waals surface area contributed by atoms with Crippen LogP contribution in [0.15, 0.2) is 72.3 Å². The van der Waals surface area contributed by atoms with Gasteiger partial charge in [0.15, 0.2) is 0 Å². The predicted molar refractivity (Wildman–Crippen MR) is 86.4 cm³/mol. The van der Waals surface area contributed by atoms with E-state index in [0.717, 1.165) is 18.5 Å². The average molecular weight is 261 g/mol. The molecule has 1 aliphatic rings. The van der Waals surface area contributed by atoms with E-state index in [2.05, 4.69) is 72.9 Å². The molecule has 0 heterocycles. The third kappa shape index (κ3) is 3.00. The Kier molecular flexibility index (Phi) is 3.69. The summed E-state index contributed by atoms with van der Waals surface area (Å²) in [4.78, 5) is 0. The number of allylic oxidation sites excluding steroid dienone is 4. The summed E-state index contributed by atoms with van der Waals surface area (Å²) < 4.78 is 0. The first-order valence-corrected chi connectivity index (χ1v) is 7.08. The van der Waals surface area contributed by atoms with Gasteiger partial charge >= 0.3 is 0 Å². The quantitative estimate of drug-likeness (QED) is 0.800. The van der Waals surface area contributed by atoms with Crippen LogP contribution in [0.5, 0.6) is 0 Å². The van der Waals surface area contributed by atoms with Gasteiger partial charge in [0.25, 0.3) is 0 Å². The molecule has 0 aromatic heterocycles. The van der Waals surface area contributed by atoms with Gasteiger partial charge in [-0.2, -0.15) is 0 Å². The first kappa shape index (κ1) is 12.7. The Labute approximate surface area is 120 Å². The van der Waals surface area contributed by atoms with E-state index in [1.165, 1.54) is 22.4 Å². The fraction of sp³-hybridized carbons (Fsp3) is 0.158. The third-order valence-electron chi connectivity index (χ3n) is 3.56. The van der Waals surface area contributed by atoms with Crippen molar-refractivity contribution in [2.24, 2.45) is 0 Å². The Morgan fingerprint density at radius 3 is 2.65 bits per heavy atom. The standard InChI is InChI=1S/C19H19N/c1-15-11-12-17(14-16-7-5-6-8-16)19(13-15)20-18-9-3-2-4-10-18/h2-5,7-13,20H,6,14H2,1H3. The lowest BCUT2D eigenvalue weighted by Gasteiger charge is -2.13. The molecule has 20 heavy (non-hydrogen) atoms. The Bertz CT molecular complexity index is 651. The van der Waals surface area contributed by atoms with E-state index in [-0.39, 0.29) is 0 Å². The van der Waals surface area contributed by atoms with E-state index in [0.29, 0.717) is 0 Å². The molecule has 0 amide bonds. The van der Waals surface area contributed by atoms with Gasteiger partial charge in [0.05, 0.1) is 0 Å². The number of benzene rings is 2. The molecule has 0 saturated carbocycles. The van der Waals surface area contributed by atoms with Gasteiger partial charge < -0.3 is 5.32 Å². The molecule has 1 aliphatic carbocycles.